The first-order valence-electron chi connectivity index (χ1n) is 9.78. The van der Waals surface area contributed by atoms with Gasteiger partial charge in [-0.3, -0.25) is 9.69 Å². The molecule has 1 aromatic rings. The number of carbonyl (C=O) groups excluding carboxylic acids is 2. The van der Waals surface area contributed by atoms with Crippen LogP contribution in [0, 0.1) is 13.8 Å². The van der Waals surface area contributed by atoms with Crippen LogP contribution in [0.25, 0.3) is 0 Å². The van der Waals surface area contributed by atoms with E-state index in [-0.39, 0.29) is 24.2 Å². The molecule has 150 valence electrons. The number of aromatic nitrogens is 1. The molecule has 3 rings (SSSR count). The van der Waals surface area contributed by atoms with Gasteiger partial charge in [0.05, 0.1) is 24.9 Å². The maximum absolute atomic E-state index is 13.2. The zero-order chi connectivity index (χ0) is 19.7. The summed E-state index contributed by atoms with van der Waals surface area (Å²) in [5, 5.41) is 0. The molecular weight excluding hydrogens is 346 g/mol. The zero-order valence-corrected chi connectivity index (χ0v) is 17.0. The summed E-state index contributed by atoms with van der Waals surface area (Å²) in [6, 6.07) is 0.194. The van der Waals surface area contributed by atoms with E-state index in [0.29, 0.717) is 22.5 Å². The van der Waals surface area contributed by atoms with Crippen molar-refractivity contribution in [2.75, 3.05) is 33.3 Å². The first-order valence-corrected chi connectivity index (χ1v) is 9.78. The number of rotatable bonds is 4. The second kappa shape index (κ2) is 8.02. The van der Waals surface area contributed by atoms with E-state index >= 15 is 0 Å². The third kappa shape index (κ3) is 4.04. The lowest BCUT2D eigenvalue weighted by Gasteiger charge is -2.38. The Balaban J connectivity index is 1.75. The van der Waals surface area contributed by atoms with Crippen molar-refractivity contribution >= 4 is 11.9 Å². The van der Waals surface area contributed by atoms with E-state index in [1.54, 1.807) is 13.8 Å². The monoisotopic (exact) mass is 377 g/mol. The van der Waals surface area contributed by atoms with Crippen LogP contribution in [0.15, 0.2) is 0 Å². The molecule has 2 aliphatic heterocycles. The fraction of sp³-hybridized carbons (Fsp3) is 0.700. The van der Waals surface area contributed by atoms with E-state index in [1.165, 1.54) is 7.11 Å². The molecule has 1 aromatic heterocycles. The van der Waals surface area contributed by atoms with Crippen LogP contribution in [0.5, 0.6) is 0 Å². The van der Waals surface area contributed by atoms with Gasteiger partial charge < -0.3 is 19.4 Å². The Labute approximate surface area is 161 Å². The molecule has 0 radical (unpaired) electrons. The summed E-state index contributed by atoms with van der Waals surface area (Å²) in [5.41, 5.74) is 2.31. The SMILES string of the molecule is COC(=O)c1c(C)[nH]c(C(=O)N2CCC[C@@H]2CN2C[C@@H](C)O[C@@H](C)C2)c1C. The molecule has 27 heavy (non-hydrogen) atoms. The van der Waals surface area contributed by atoms with Gasteiger partial charge in [-0.2, -0.15) is 0 Å². The molecule has 2 aliphatic rings. The summed E-state index contributed by atoms with van der Waals surface area (Å²) in [6.07, 6.45) is 2.45. The summed E-state index contributed by atoms with van der Waals surface area (Å²) >= 11 is 0. The molecule has 7 heteroatoms. The van der Waals surface area contributed by atoms with Crippen LogP contribution in [-0.2, 0) is 9.47 Å². The minimum atomic E-state index is -0.408. The minimum absolute atomic E-state index is 0.0254. The predicted octanol–water partition coefficient (Wildman–Crippen LogP) is 2.13. The molecule has 0 aromatic carbocycles. The third-order valence-corrected chi connectivity index (χ3v) is 5.64. The Kier molecular flexibility index (Phi) is 5.91. The number of amides is 1. The van der Waals surface area contributed by atoms with Crippen LogP contribution < -0.4 is 0 Å². The van der Waals surface area contributed by atoms with E-state index in [1.807, 2.05) is 4.90 Å². The van der Waals surface area contributed by atoms with E-state index < -0.39 is 5.97 Å². The van der Waals surface area contributed by atoms with Crippen molar-refractivity contribution in [2.45, 2.75) is 58.8 Å². The Hall–Kier alpha value is -1.86. The molecular formula is C20H31N3O4. The molecule has 2 fully saturated rings. The van der Waals surface area contributed by atoms with Gasteiger partial charge in [0, 0.05) is 37.9 Å². The van der Waals surface area contributed by atoms with Crippen molar-refractivity contribution in [2.24, 2.45) is 0 Å². The van der Waals surface area contributed by atoms with Crippen LogP contribution in [0.3, 0.4) is 0 Å². The molecule has 3 atom stereocenters. The molecule has 0 spiro atoms. The predicted molar refractivity (Wildman–Crippen MR) is 102 cm³/mol. The molecule has 3 heterocycles. The summed E-state index contributed by atoms with van der Waals surface area (Å²) in [6.45, 7) is 11.2. The van der Waals surface area contributed by atoms with Crippen molar-refractivity contribution in [1.82, 2.24) is 14.8 Å². The van der Waals surface area contributed by atoms with E-state index in [9.17, 15) is 9.59 Å². The van der Waals surface area contributed by atoms with Crippen LogP contribution in [-0.4, -0.2) is 78.2 Å². The molecule has 0 bridgehead atoms. The molecule has 0 unspecified atom stereocenters. The fourth-order valence-corrected chi connectivity index (χ4v) is 4.54. The number of methoxy groups -OCH3 is 1. The lowest BCUT2D eigenvalue weighted by atomic mass is 10.1. The van der Waals surface area contributed by atoms with Gasteiger partial charge >= 0.3 is 5.97 Å². The van der Waals surface area contributed by atoms with Gasteiger partial charge in [-0.05, 0) is 46.1 Å². The summed E-state index contributed by atoms with van der Waals surface area (Å²) in [4.78, 5) is 32.7. The topological polar surface area (TPSA) is 74.9 Å². The average Bonchev–Trinajstić information content (AvgIpc) is 3.17. The van der Waals surface area contributed by atoms with E-state index in [4.69, 9.17) is 9.47 Å². The number of nitrogens with one attached hydrogen (secondary N) is 1. The number of hydrogen-bond donors (Lipinski definition) is 1. The Morgan fingerprint density at radius 2 is 1.89 bits per heavy atom. The van der Waals surface area contributed by atoms with Gasteiger partial charge in [0.1, 0.15) is 5.69 Å². The van der Waals surface area contributed by atoms with Gasteiger partial charge in [0.2, 0.25) is 0 Å². The Bertz CT molecular complexity index is 704. The number of ether oxygens (including phenoxy) is 2. The van der Waals surface area contributed by atoms with Crippen molar-refractivity contribution in [3.63, 3.8) is 0 Å². The van der Waals surface area contributed by atoms with Crippen LogP contribution >= 0.6 is 0 Å². The number of H-pyrrole nitrogens is 1. The Morgan fingerprint density at radius 3 is 2.52 bits per heavy atom. The molecule has 1 N–H and O–H groups in total. The maximum Gasteiger partial charge on any atom is 0.339 e. The van der Waals surface area contributed by atoms with Gasteiger partial charge in [-0.15, -0.1) is 0 Å². The van der Waals surface area contributed by atoms with Crippen molar-refractivity contribution < 1.29 is 19.1 Å². The number of morpholine rings is 1. The lowest BCUT2D eigenvalue weighted by molar-refractivity contribution is -0.0715. The fourth-order valence-electron chi connectivity index (χ4n) is 4.54. The minimum Gasteiger partial charge on any atom is -0.465 e. The third-order valence-electron chi connectivity index (χ3n) is 5.64. The van der Waals surface area contributed by atoms with Gasteiger partial charge in [0.25, 0.3) is 5.91 Å². The number of aromatic amines is 1. The zero-order valence-electron chi connectivity index (χ0n) is 17.0. The number of carbonyl (C=O) groups is 2. The number of nitrogens with zero attached hydrogens (tertiary/aromatic N) is 2. The highest BCUT2D eigenvalue weighted by Crippen LogP contribution is 2.26. The second-order valence-electron chi connectivity index (χ2n) is 7.89. The molecule has 0 saturated carbocycles. The van der Waals surface area contributed by atoms with Crippen LogP contribution in [0.2, 0.25) is 0 Å². The van der Waals surface area contributed by atoms with Gasteiger partial charge in [-0.1, -0.05) is 0 Å². The average molecular weight is 377 g/mol. The first-order chi connectivity index (χ1) is 12.8. The standard InChI is InChI=1S/C20H31N3O4/c1-12-9-22(10-13(2)27-12)11-16-7-6-8-23(16)19(24)18-14(3)17(15(4)21-18)20(25)26-5/h12-13,16,21H,6-11H2,1-5H3/t12-,13+,16-/m1/s1. The summed E-state index contributed by atoms with van der Waals surface area (Å²) in [7, 11) is 1.36. The highest BCUT2D eigenvalue weighted by Gasteiger charge is 2.35. The molecule has 7 nitrogen and oxygen atoms in total. The van der Waals surface area contributed by atoms with E-state index in [2.05, 4.69) is 23.7 Å². The van der Waals surface area contributed by atoms with Gasteiger partial charge in [-0.25, -0.2) is 4.79 Å². The van der Waals surface area contributed by atoms with Crippen molar-refractivity contribution in [3.05, 3.63) is 22.5 Å². The first kappa shape index (κ1) is 19.9. The molecule has 0 aliphatic carbocycles. The van der Waals surface area contributed by atoms with Gasteiger partial charge in [0.15, 0.2) is 0 Å². The quantitative estimate of drug-likeness (QED) is 0.814. The number of aryl methyl sites for hydroxylation is 1. The highest BCUT2D eigenvalue weighted by molar-refractivity contribution is 6.00. The lowest BCUT2D eigenvalue weighted by Crippen LogP contribution is -2.51. The summed E-state index contributed by atoms with van der Waals surface area (Å²) < 4.78 is 10.7. The summed E-state index contributed by atoms with van der Waals surface area (Å²) in [5.74, 6) is -0.433. The van der Waals surface area contributed by atoms with E-state index in [0.717, 1.165) is 39.0 Å². The smallest absolute Gasteiger partial charge is 0.339 e. The normalized spacial score (nSPS) is 26.4. The highest BCUT2D eigenvalue weighted by atomic mass is 16.5. The molecule has 2 saturated heterocycles. The maximum atomic E-state index is 13.2. The van der Waals surface area contributed by atoms with Crippen LogP contribution in [0.1, 0.15) is 58.8 Å². The van der Waals surface area contributed by atoms with Crippen LogP contribution in [0.4, 0.5) is 0 Å². The van der Waals surface area contributed by atoms with Crippen molar-refractivity contribution in [1.29, 1.82) is 0 Å². The Morgan fingerprint density at radius 1 is 1.22 bits per heavy atom. The van der Waals surface area contributed by atoms with Crippen molar-refractivity contribution in [3.8, 4) is 0 Å². The molecule has 1 amide bonds. The number of hydrogen-bond acceptors (Lipinski definition) is 5. The second-order valence-corrected chi connectivity index (χ2v) is 7.89. The largest absolute Gasteiger partial charge is 0.465 e. The number of likely N-dealkylation sites (tertiary alicyclic amines) is 1. The number of esters is 1.